The summed E-state index contributed by atoms with van der Waals surface area (Å²) in [5.74, 6) is 1.35. The van der Waals surface area contributed by atoms with Crippen LogP contribution in [0.4, 0.5) is 11.8 Å². The number of hydrogen-bond donors (Lipinski definition) is 2. The molecule has 3 rings (SSSR count). The van der Waals surface area contributed by atoms with Gasteiger partial charge in [-0.25, -0.2) is 4.98 Å². The van der Waals surface area contributed by atoms with E-state index in [0.29, 0.717) is 19.0 Å². The van der Waals surface area contributed by atoms with E-state index in [9.17, 15) is 0 Å². The summed E-state index contributed by atoms with van der Waals surface area (Å²) in [7, 11) is 0. The first-order valence-electron chi connectivity index (χ1n) is 7.24. The summed E-state index contributed by atoms with van der Waals surface area (Å²) in [4.78, 5) is 12.7. The Balaban J connectivity index is 1.57. The van der Waals surface area contributed by atoms with Gasteiger partial charge in [-0.05, 0) is 35.4 Å². The van der Waals surface area contributed by atoms with Crippen LogP contribution in [0, 0.1) is 0 Å². The fourth-order valence-corrected chi connectivity index (χ4v) is 2.15. The zero-order chi connectivity index (χ0) is 15.9. The monoisotopic (exact) mass is 325 g/mol. The maximum absolute atomic E-state index is 5.88. The zero-order valence-electron chi connectivity index (χ0n) is 12.4. The van der Waals surface area contributed by atoms with Crippen molar-refractivity contribution in [3.8, 4) is 0 Å². The predicted molar refractivity (Wildman–Crippen MR) is 92.4 cm³/mol. The van der Waals surface area contributed by atoms with Crippen molar-refractivity contribution >= 4 is 23.4 Å². The largest absolute Gasteiger partial charge is 0.366 e. The van der Waals surface area contributed by atoms with E-state index >= 15 is 0 Å². The lowest BCUT2D eigenvalue weighted by Gasteiger charge is -2.08. The van der Waals surface area contributed by atoms with Crippen molar-refractivity contribution in [1.29, 1.82) is 0 Å². The molecular formula is C17H16ClN5. The number of benzene rings is 1. The van der Waals surface area contributed by atoms with Gasteiger partial charge in [-0.15, -0.1) is 0 Å². The molecule has 5 nitrogen and oxygen atoms in total. The summed E-state index contributed by atoms with van der Waals surface area (Å²) in [6.45, 7) is 1.31. The fourth-order valence-electron chi connectivity index (χ4n) is 2.02. The van der Waals surface area contributed by atoms with Gasteiger partial charge >= 0.3 is 0 Å². The number of hydrogen-bond acceptors (Lipinski definition) is 5. The van der Waals surface area contributed by atoms with Gasteiger partial charge in [0.15, 0.2) is 0 Å². The molecule has 0 saturated heterocycles. The number of pyridine rings is 1. The molecule has 2 aromatic heterocycles. The van der Waals surface area contributed by atoms with Crippen LogP contribution in [0.15, 0.2) is 61.1 Å². The van der Waals surface area contributed by atoms with E-state index < -0.39 is 0 Å². The Hall–Kier alpha value is -2.66. The summed E-state index contributed by atoms with van der Waals surface area (Å²) in [6.07, 6.45) is 5.29. The quantitative estimate of drug-likeness (QED) is 0.722. The van der Waals surface area contributed by atoms with Gasteiger partial charge in [-0.3, -0.25) is 4.98 Å². The minimum absolute atomic E-state index is 0.579. The van der Waals surface area contributed by atoms with Crippen LogP contribution in [0.3, 0.4) is 0 Å². The van der Waals surface area contributed by atoms with E-state index in [-0.39, 0.29) is 0 Å². The van der Waals surface area contributed by atoms with Crippen LogP contribution in [-0.4, -0.2) is 15.0 Å². The first-order valence-corrected chi connectivity index (χ1v) is 7.61. The van der Waals surface area contributed by atoms with Gasteiger partial charge in [-0.1, -0.05) is 29.8 Å². The molecule has 0 radical (unpaired) electrons. The molecule has 6 heteroatoms. The van der Waals surface area contributed by atoms with E-state index in [1.54, 1.807) is 12.4 Å². The Labute approximate surface area is 139 Å². The molecule has 0 amide bonds. The van der Waals surface area contributed by atoms with Crippen LogP contribution in [0.5, 0.6) is 0 Å². The molecule has 0 unspecified atom stereocenters. The van der Waals surface area contributed by atoms with Crippen molar-refractivity contribution in [1.82, 2.24) is 15.0 Å². The lowest BCUT2D eigenvalue weighted by atomic mass is 10.2. The zero-order valence-corrected chi connectivity index (χ0v) is 13.2. The topological polar surface area (TPSA) is 62.7 Å². The van der Waals surface area contributed by atoms with Crippen LogP contribution in [0.2, 0.25) is 5.02 Å². The van der Waals surface area contributed by atoms with Gasteiger partial charge in [0.2, 0.25) is 5.95 Å². The highest BCUT2D eigenvalue weighted by atomic mass is 35.5. The van der Waals surface area contributed by atoms with Crippen LogP contribution < -0.4 is 10.6 Å². The maximum atomic E-state index is 5.88. The number of nitrogens with one attached hydrogen (secondary N) is 2. The number of rotatable bonds is 6. The predicted octanol–water partition coefficient (Wildman–Crippen LogP) is 3.75. The van der Waals surface area contributed by atoms with Crippen molar-refractivity contribution < 1.29 is 0 Å². The molecule has 0 aliphatic heterocycles. The first-order chi connectivity index (χ1) is 11.3. The third-order valence-electron chi connectivity index (χ3n) is 3.22. The number of aromatic nitrogens is 3. The third kappa shape index (κ3) is 4.66. The second-order valence-corrected chi connectivity index (χ2v) is 5.40. The Bertz CT molecular complexity index is 746. The van der Waals surface area contributed by atoms with E-state index in [1.165, 1.54) is 0 Å². The van der Waals surface area contributed by atoms with Crippen LogP contribution in [0.25, 0.3) is 0 Å². The Morgan fingerprint density at radius 2 is 1.70 bits per heavy atom. The molecule has 0 bridgehead atoms. The average Bonchev–Trinajstić information content (AvgIpc) is 2.61. The minimum Gasteiger partial charge on any atom is -0.366 e. The number of nitrogens with zero attached hydrogens (tertiary/aromatic N) is 3. The average molecular weight is 326 g/mol. The molecule has 0 spiro atoms. The van der Waals surface area contributed by atoms with E-state index in [4.69, 9.17) is 11.6 Å². The second-order valence-electron chi connectivity index (χ2n) is 4.96. The smallest absolute Gasteiger partial charge is 0.224 e. The van der Waals surface area contributed by atoms with Crippen LogP contribution in [0.1, 0.15) is 11.1 Å². The van der Waals surface area contributed by atoms with Gasteiger partial charge < -0.3 is 10.6 Å². The van der Waals surface area contributed by atoms with Crippen molar-refractivity contribution in [3.05, 3.63) is 77.2 Å². The van der Waals surface area contributed by atoms with E-state index in [0.717, 1.165) is 22.0 Å². The van der Waals surface area contributed by atoms with Crippen molar-refractivity contribution in [2.24, 2.45) is 0 Å². The lowest BCUT2D eigenvalue weighted by Crippen LogP contribution is -2.06. The highest BCUT2D eigenvalue weighted by molar-refractivity contribution is 6.30. The van der Waals surface area contributed by atoms with Gasteiger partial charge in [0.1, 0.15) is 5.82 Å². The summed E-state index contributed by atoms with van der Waals surface area (Å²) >= 11 is 5.88. The standard InChI is InChI=1S/C17H16ClN5/c18-15-5-3-13(4-6-15)11-21-16-7-9-20-17(23-16)22-12-14-2-1-8-19-10-14/h1-10H,11-12H2,(H2,20,21,22,23). The molecular weight excluding hydrogens is 310 g/mol. The van der Waals surface area contributed by atoms with Crippen molar-refractivity contribution in [2.75, 3.05) is 10.6 Å². The van der Waals surface area contributed by atoms with Crippen molar-refractivity contribution in [3.63, 3.8) is 0 Å². The Morgan fingerprint density at radius 3 is 2.48 bits per heavy atom. The Morgan fingerprint density at radius 1 is 0.870 bits per heavy atom. The molecule has 2 N–H and O–H groups in total. The molecule has 2 heterocycles. The molecule has 0 aliphatic rings. The molecule has 0 fully saturated rings. The lowest BCUT2D eigenvalue weighted by molar-refractivity contribution is 1.03. The minimum atomic E-state index is 0.579. The summed E-state index contributed by atoms with van der Waals surface area (Å²) < 4.78 is 0. The molecule has 23 heavy (non-hydrogen) atoms. The molecule has 1 aromatic carbocycles. The van der Waals surface area contributed by atoms with Crippen LogP contribution >= 0.6 is 11.6 Å². The molecule has 3 aromatic rings. The van der Waals surface area contributed by atoms with Gasteiger partial charge in [-0.2, -0.15) is 4.98 Å². The molecule has 0 atom stereocenters. The van der Waals surface area contributed by atoms with E-state index in [2.05, 4.69) is 25.6 Å². The molecule has 0 aliphatic carbocycles. The summed E-state index contributed by atoms with van der Waals surface area (Å²) in [5, 5.41) is 7.19. The fraction of sp³-hybridized carbons (Fsp3) is 0.118. The highest BCUT2D eigenvalue weighted by Crippen LogP contribution is 2.12. The van der Waals surface area contributed by atoms with E-state index in [1.807, 2.05) is 48.7 Å². The summed E-state index contributed by atoms with van der Waals surface area (Å²) in [5.41, 5.74) is 2.22. The number of anilines is 2. The highest BCUT2D eigenvalue weighted by Gasteiger charge is 2.00. The SMILES string of the molecule is Clc1ccc(CNc2ccnc(NCc3cccnc3)n2)cc1. The molecule has 116 valence electrons. The Kier molecular flexibility index (Phi) is 5.01. The third-order valence-corrected chi connectivity index (χ3v) is 3.47. The van der Waals surface area contributed by atoms with Gasteiger partial charge in [0.25, 0.3) is 0 Å². The normalized spacial score (nSPS) is 10.3. The second kappa shape index (κ2) is 7.56. The first kappa shape index (κ1) is 15.2. The van der Waals surface area contributed by atoms with Gasteiger partial charge in [0.05, 0.1) is 0 Å². The van der Waals surface area contributed by atoms with Crippen molar-refractivity contribution in [2.45, 2.75) is 13.1 Å². The molecule has 0 saturated carbocycles. The maximum Gasteiger partial charge on any atom is 0.224 e. The number of halogens is 1. The van der Waals surface area contributed by atoms with Gasteiger partial charge in [0, 0.05) is 36.7 Å². The van der Waals surface area contributed by atoms with Crippen LogP contribution in [-0.2, 0) is 13.1 Å². The summed E-state index contributed by atoms with van der Waals surface area (Å²) in [6, 6.07) is 13.5.